The number of hydrogen-bond donors (Lipinski definition) is 0. The largest absolute Gasteiger partial charge is 0.486 e. The fraction of sp³-hybridized carbons (Fsp3) is 0.400. The van der Waals surface area contributed by atoms with Gasteiger partial charge in [0.1, 0.15) is 19.3 Å². The van der Waals surface area contributed by atoms with Crippen LogP contribution in [-0.4, -0.2) is 51.9 Å². The van der Waals surface area contributed by atoms with E-state index in [1.54, 1.807) is 23.0 Å². The monoisotopic (exact) mass is 302 g/mol. The zero-order valence-corrected chi connectivity index (χ0v) is 12.4. The highest BCUT2D eigenvalue weighted by Gasteiger charge is 2.23. The number of ether oxygens (including phenoxy) is 2. The highest BCUT2D eigenvalue weighted by atomic mass is 16.6. The minimum Gasteiger partial charge on any atom is -0.486 e. The lowest BCUT2D eigenvalue weighted by Gasteiger charge is -2.29. The lowest BCUT2D eigenvalue weighted by atomic mass is 10.2. The van der Waals surface area contributed by atoms with Crippen LogP contribution in [0.5, 0.6) is 11.5 Å². The predicted octanol–water partition coefficient (Wildman–Crippen LogP) is 0.967. The second kappa shape index (κ2) is 6.46. The summed E-state index contributed by atoms with van der Waals surface area (Å²) in [6.45, 7) is 1.45. The topological polar surface area (TPSA) is 69.5 Å². The number of aromatic nitrogens is 3. The SMILES string of the molecule is CN(C[C@@H]1COc2ccccc2O1)C(=O)CCn1cncn1. The van der Waals surface area contributed by atoms with Gasteiger partial charge in [0.05, 0.1) is 13.1 Å². The molecule has 0 aliphatic carbocycles. The van der Waals surface area contributed by atoms with Crippen molar-refractivity contribution in [3.63, 3.8) is 0 Å². The Bertz CT molecular complexity index is 629. The van der Waals surface area contributed by atoms with E-state index in [2.05, 4.69) is 10.1 Å². The molecule has 0 saturated heterocycles. The number of likely N-dealkylation sites (N-methyl/N-ethyl adjacent to an activating group) is 1. The summed E-state index contributed by atoms with van der Waals surface area (Å²) in [6, 6.07) is 7.55. The number of rotatable bonds is 5. The molecule has 0 spiro atoms. The molecule has 1 amide bonds. The van der Waals surface area contributed by atoms with Gasteiger partial charge >= 0.3 is 0 Å². The minimum absolute atomic E-state index is 0.0398. The molecule has 0 saturated carbocycles. The smallest absolute Gasteiger partial charge is 0.224 e. The molecule has 0 unspecified atom stereocenters. The van der Waals surface area contributed by atoms with E-state index in [0.717, 1.165) is 11.5 Å². The van der Waals surface area contributed by atoms with Crippen molar-refractivity contribution in [2.24, 2.45) is 0 Å². The van der Waals surface area contributed by atoms with Crippen molar-refractivity contribution in [3.05, 3.63) is 36.9 Å². The average Bonchev–Trinajstić information content (AvgIpc) is 3.06. The Kier molecular flexibility index (Phi) is 4.22. The maximum Gasteiger partial charge on any atom is 0.224 e. The number of carbonyl (C=O) groups excluding carboxylic acids is 1. The van der Waals surface area contributed by atoms with E-state index >= 15 is 0 Å². The molecule has 1 atom stereocenters. The Morgan fingerprint density at radius 2 is 2.23 bits per heavy atom. The Morgan fingerprint density at radius 1 is 1.41 bits per heavy atom. The first-order valence-corrected chi connectivity index (χ1v) is 7.17. The van der Waals surface area contributed by atoms with E-state index in [-0.39, 0.29) is 12.0 Å². The van der Waals surface area contributed by atoms with E-state index in [0.29, 0.717) is 26.1 Å². The van der Waals surface area contributed by atoms with Crippen LogP contribution in [-0.2, 0) is 11.3 Å². The van der Waals surface area contributed by atoms with E-state index in [9.17, 15) is 4.79 Å². The van der Waals surface area contributed by atoms with Gasteiger partial charge in [-0.3, -0.25) is 9.48 Å². The van der Waals surface area contributed by atoms with E-state index < -0.39 is 0 Å². The number of aryl methyl sites for hydroxylation is 1. The van der Waals surface area contributed by atoms with Gasteiger partial charge in [-0.15, -0.1) is 0 Å². The molecular formula is C15H18N4O3. The van der Waals surface area contributed by atoms with Crippen molar-refractivity contribution in [2.45, 2.75) is 19.1 Å². The van der Waals surface area contributed by atoms with Gasteiger partial charge in [0, 0.05) is 13.5 Å². The first-order valence-electron chi connectivity index (χ1n) is 7.17. The summed E-state index contributed by atoms with van der Waals surface area (Å²) in [5.74, 6) is 1.51. The van der Waals surface area contributed by atoms with Crippen LogP contribution in [0.3, 0.4) is 0 Å². The molecule has 1 aliphatic heterocycles. The number of amides is 1. The zero-order valence-electron chi connectivity index (χ0n) is 12.4. The summed E-state index contributed by atoms with van der Waals surface area (Å²) in [5, 5.41) is 3.98. The minimum atomic E-state index is -0.157. The van der Waals surface area contributed by atoms with Crippen LogP contribution >= 0.6 is 0 Å². The predicted molar refractivity (Wildman–Crippen MR) is 78.6 cm³/mol. The fourth-order valence-corrected chi connectivity index (χ4v) is 2.31. The molecule has 7 nitrogen and oxygen atoms in total. The number of para-hydroxylation sites is 2. The summed E-state index contributed by atoms with van der Waals surface area (Å²) in [6.07, 6.45) is 3.28. The van der Waals surface area contributed by atoms with Crippen LogP contribution in [0.15, 0.2) is 36.9 Å². The fourth-order valence-electron chi connectivity index (χ4n) is 2.31. The number of carbonyl (C=O) groups is 1. The molecule has 1 aromatic heterocycles. The Balaban J connectivity index is 1.49. The van der Waals surface area contributed by atoms with Crippen molar-refractivity contribution in [2.75, 3.05) is 20.2 Å². The number of benzene rings is 1. The van der Waals surface area contributed by atoms with Crippen LogP contribution < -0.4 is 9.47 Å². The summed E-state index contributed by atoms with van der Waals surface area (Å²) < 4.78 is 13.1. The molecule has 116 valence electrons. The van der Waals surface area contributed by atoms with E-state index in [1.165, 1.54) is 6.33 Å². The first kappa shape index (κ1) is 14.4. The van der Waals surface area contributed by atoms with E-state index in [4.69, 9.17) is 9.47 Å². The van der Waals surface area contributed by atoms with Crippen LogP contribution in [0.25, 0.3) is 0 Å². The van der Waals surface area contributed by atoms with Gasteiger partial charge in [0.15, 0.2) is 17.6 Å². The molecule has 0 fully saturated rings. The summed E-state index contributed by atoms with van der Waals surface area (Å²) >= 11 is 0. The lowest BCUT2D eigenvalue weighted by Crippen LogP contribution is -2.42. The normalized spacial score (nSPS) is 16.3. The zero-order chi connectivity index (χ0) is 15.4. The molecular weight excluding hydrogens is 284 g/mol. The van der Waals surface area contributed by atoms with Crippen molar-refractivity contribution in [3.8, 4) is 11.5 Å². The number of nitrogens with zero attached hydrogens (tertiary/aromatic N) is 4. The molecule has 0 bridgehead atoms. The van der Waals surface area contributed by atoms with Gasteiger partial charge in [-0.2, -0.15) is 5.10 Å². The van der Waals surface area contributed by atoms with Gasteiger partial charge in [-0.1, -0.05) is 12.1 Å². The van der Waals surface area contributed by atoms with Crippen molar-refractivity contribution >= 4 is 5.91 Å². The van der Waals surface area contributed by atoms with Crippen LogP contribution in [0.1, 0.15) is 6.42 Å². The second-order valence-electron chi connectivity index (χ2n) is 5.18. The number of hydrogen-bond acceptors (Lipinski definition) is 5. The summed E-state index contributed by atoms with van der Waals surface area (Å²) in [5.41, 5.74) is 0. The van der Waals surface area contributed by atoms with Crippen molar-refractivity contribution in [1.82, 2.24) is 19.7 Å². The summed E-state index contributed by atoms with van der Waals surface area (Å²) in [7, 11) is 1.77. The summed E-state index contributed by atoms with van der Waals surface area (Å²) in [4.78, 5) is 17.6. The van der Waals surface area contributed by atoms with Crippen molar-refractivity contribution < 1.29 is 14.3 Å². The Hall–Kier alpha value is -2.57. The van der Waals surface area contributed by atoms with Gasteiger partial charge in [-0.25, -0.2) is 4.98 Å². The van der Waals surface area contributed by atoms with Gasteiger partial charge < -0.3 is 14.4 Å². The average molecular weight is 302 g/mol. The maximum absolute atomic E-state index is 12.1. The molecule has 7 heteroatoms. The highest BCUT2D eigenvalue weighted by molar-refractivity contribution is 5.75. The molecule has 0 N–H and O–H groups in total. The molecule has 3 rings (SSSR count). The standard InChI is InChI=1S/C15H18N4O3/c1-18(15(20)6-7-19-11-16-10-17-19)8-12-9-21-13-4-2-3-5-14(13)22-12/h2-5,10-12H,6-9H2,1H3/t12-/m1/s1. The molecule has 1 aliphatic rings. The molecule has 2 heterocycles. The third-order valence-corrected chi connectivity index (χ3v) is 3.49. The number of fused-ring (bicyclic) bond motifs is 1. The Labute approximate surface area is 128 Å². The van der Waals surface area contributed by atoms with E-state index in [1.807, 2.05) is 24.3 Å². The van der Waals surface area contributed by atoms with Crippen molar-refractivity contribution in [1.29, 1.82) is 0 Å². The second-order valence-corrected chi connectivity index (χ2v) is 5.18. The van der Waals surface area contributed by atoms with Gasteiger partial charge in [-0.05, 0) is 12.1 Å². The van der Waals surface area contributed by atoms with Gasteiger partial charge in [0.25, 0.3) is 0 Å². The van der Waals surface area contributed by atoms with Crippen LogP contribution in [0, 0.1) is 0 Å². The highest BCUT2D eigenvalue weighted by Crippen LogP contribution is 2.30. The molecule has 1 aromatic carbocycles. The Morgan fingerprint density at radius 3 is 3.00 bits per heavy atom. The first-order chi connectivity index (χ1) is 10.7. The molecule has 2 aromatic rings. The molecule has 0 radical (unpaired) electrons. The third-order valence-electron chi connectivity index (χ3n) is 3.49. The van der Waals surface area contributed by atoms with Crippen LogP contribution in [0.4, 0.5) is 0 Å². The van der Waals surface area contributed by atoms with Gasteiger partial charge in [0.2, 0.25) is 5.91 Å². The lowest BCUT2D eigenvalue weighted by molar-refractivity contribution is -0.131. The quantitative estimate of drug-likeness (QED) is 0.823. The van der Waals surface area contributed by atoms with Crippen LogP contribution in [0.2, 0.25) is 0 Å². The third kappa shape index (κ3) is 3.36. The maximum atomic E-state index is 12.1. The molecule has 22 heavy (non-hydrogen) atoms.